The van der Waals surface area contributed by atoms with Crippen molar-refractivity contribution in [3.05, 3.63) is 24.3 Å². The molecule has 130 valence electrons. The van der Waals surface area contributed by atoms with E-state index in [1.54, 1.807) is 0 Å². The van der Waals surface area contributed by atoms with Crippen LogP contribution in [0.2, 0.25) is 0 Å². The van der Waals surface area contributed by atoms with Crippen LogP contribution in [0.5, 0.6) is 0 Å². The SMILES string of the molecule is O=C(O)C=CC(=O)O[C@@H]1CO[C@H]2[C@@H]1OC[C@H]2OC(=O)C=CC(=O)O. The summed E-state index contributed by atoms with van der Waals surface area (Å²) in [5, 5.41) is 16.9. The Balaban J connectivity index is 1.87. The average molecular weight is 342 g/mol. The average Bonchev–Trinajstić information content (AvgIpc) is 3.07. The van der Waals surface area contributed by atoms with Gasteiger partial charge in [-0.3, -0.25) is 0 Å². The number of carboxylic acid groups (broad SMARTS) is 2. The van der Waals surface area contributed by atoms with Crippen LogP contribution in [0.15, 0.2) is 24.3 Å². The molecular formula is C14H14O10. The van der Waals surface area contributed by atoms with E-state index in [1.165, 1.54) is 0 Å². The number of hydrogen-bond donors (Lipinski definition) is 2. The van der Waals surface area contributed by atoms with Crippen LogP contribution < -0.4 is 0 Å². The highest BCUT2D eigenvalue weighted by Crippen LogP contribution is 2.30. The van der Waals surface area contributed by atoms with E-state index in [-0.39, 0.29) is 13.2 Å². The highest BCUT2D eigenvalue weighted by Gasteiger charge is 2.50. The molecule has 0 saturated carbocycles. The summed E-state index contributed by atoms with van der Waals surface area (Å²) >= 11 is 0. The zero-order chi connectivity index (χ0) is 17.7. The fraction of sp³-hybridized carbons (Fsp3) is 0.429. The first-order valence-electron chi connectivity index (χ1n) is 6.83. The van der Waals surface area contributed by atoms with Gasteiger partial charge in [-0.1, -0.05) is 0 Å². The summed E-state index contributed by atoms with van der Waals surface area (Å²) in [5.41, 5.74) is 0. The van der Waals surface area contributed by atoms with E-state index in [0.29, 0.717) is 12.2 Å². The molecule has 2 fully saturated rings. The predicted molar refractivity (Wildman–Crippen MR) is 72.8 cm³/mol. The van der Waals surface area contributed by atoms with E-state index in [2.05, 4.69) is 0 Å². The van der Waals surface area contributed by atoms with Crippen molar-refractivity contribution in [2.75, 3.05) is 13.2 Å². The molecule has 0 spiro atoms. The summed E-state index contributed by atoms with van der Waals surface area (Å²) in [5.74, 6) is -4.29. The topological polar surface area (TPSA) is 146 Å². The second-order valence-electron chi connectivity index (χ2n) is 4.89. The van der Waals surface area contributed by atoms with E-state index in [4.69, 9.17) is 29.2 Å². The molecule has 0 bridgehead atoms. The van der Waals surface area contributed by atoms with Gasteiger partial charge in [0.1, 0.15) is 12.2 Å². The number of esters is 2. The molecule has 24 heavy (non-hydrogen) atoms. The molecule has 2 aliphatic heterocycles. The lowest BCUT2D eigenvalue weighted by molar-refractivity contribution is -0.149. The van der Waals surface area contributed by atoms with Crippen LogP contribution in [0.4, 0.5) is 0 Å². The van der Waals surface area contributed by atoms with Gasteiger partial charge < -0.3 is 29.2 Å². The first-order chi connectivity index (χ1) is 11.4. The van der Waals surface area contributed by atoms with E-state index in [1.807, 2.05) is 0 Å². The smallest absolute Gasteiger partial charge is 0.331 e. The fourth-order valence-corrected chi connectivity index (χ4v) is 2.29. The lowest BCUT2D eigenvalue weighted by atomic mass is 10.1. The Bertz CT molecular complexity index is 540. The molecular weight excluding hydrogens is 328 g/mol. The maximum Gasteiger partial charge on any atom is 0.331 e. The number of rotatable bonds is 6. The summed E-state index contributed by atoms with van der Waals surface area (Å²) in [4.78, 5) is 43.6. The molecule has 10 heteroatoms. The molecule has 2 rings (SSSR count). The van der Waals surface area contributed by atoms with Crippen molar-refractivity contribution in [3.63, 3.8) is 0 Å². The third kappa shape index (κ3) is 4.64. The van der Waals surface area contributed by atoms with E-state index < -0.39 is 48.3 Å². The first-order valence-corrected chi connectivity index (χ1v) is 6.83. The van der Waals surface area contributed by atoms with Gasteiger partial charge in [-0.15, -0.1) is 0 Å². The maximum atomic E-state index is 11.5. The van der Waals surface area contributed by atoms with Crippen LogP contribution in [-0.4, -0.2) is 71.7 Å². The summed E-state index contributed by atoms with van der Waals surface area (Å²) in [6.07, 6.45) is -0.0348. The molecule has 0 aromatic heterocycles. The standard InChI is InChI=1S/C14H14O10/c15-9(16)1-3-11(19)23-7-5-21-14-8(6-22-13(7)14)24-12(20)4-2-10(17)18/h1-4,7-8,13-14H,5-6H2,(H,15,16)(H,17,18)/t7-,8-,13-,14-/m1/s1. The Kier molecular flexibility index (Phi) is 5.66. The third-order valence-electron chi connectivity index (χ3n) is 3.22. The minimum atomic E-state index is -1.29. The Morgan fingerprint density at radius 2 is 1.12 bits per heavy atom. The molecule has 0 amide bonds. The van der Waals surface area contributed by atoms with Crippen LogP contribution in [0.1, 0.15) is 0 Å². The monoisotopic (exact) mass is 342 g/mol. The highest BCUT2D eigenvalue weighted by molar-refractivity contribution is 5.91. The molecule has 4 atom stereocenters. The molecule has 2 saturated heterocycles. The largest absolute Gasteiger partial charge is 0.478 e. The van der Waals surface area contributed by atoms with Crippen molar-refractivity contribution in [2.45, 2.75) is 24.4 Å². The van der Waals surface area contributed by atoms with Crippen molar-refractivity contribution >= 4 is 23.9 Å². The zero-order valence-corrected chi connectivity index (χ0v) is 12.2. The minimum Gasteiger partial charge on any atom is -0.478 e. The minimum absolute atomic E-state index is 0.000993. The number of ether oxygens (including phenoxy) is 4. The Hall–Kier alpha value is -2.72. The lowest BCUT2D eigenvalue weighted by Gasteiger charge is -2.16. The summed E-state index contributed by atoms with van der Waals surface area (Å²) < 4.78 is 20.9. The van der Waals surface area contributed by atoms with Crippen molar-refractivity contribution in [1.29, 1.82) is 0 Å². The van der Waals surface area contributed by atoms with E-state index in [9.17, 15) is 19.2 Å². The predicted octanol–water partition coefficient (Wildman–Crippen LogP) is -1.11. The van der Waals surface area contributed by atoms with Crippen LogP contribution in [0, 0.1) is 0 Å². The zero-order valence-electron chi connectivity index (χ0n) is 12.2. The van der Waals surface area contributed by atoms with Crippen molar-refractivity contribution in [3.8, 4) is 0 Å². The van der Waals surface area contributed by atoms with Gasteiger partial charge in [0.25, 0.3) is 0 Å². The van der Waals surface area contributed by atoms with Gasteiger partial charge in [0.05, 0.1) is 13.2 Å². The summed E-state index contributed by atoms with van der Waals surface area (Å²) in [6.45, 7) is 0.00199. The second kappa shape index (κ2) is 7.70. The third-order valence-corrected chi connectivity index (χ3v) is 3.22. The normalized spacial score (nSPS) is 28.8. The van der Waals surface area contributed by atoms with Crippen molar-refractivity contribution in [2.24, 2.45) is 0 Å². The number of carboxylic acids is 2. The summed E-state index contributed by atoms with van der Waals surface area (Å²) in [6, 6.07) is 0. The van der Waals surface area contributed by atoms with Crippen LogP contribution in [0.3, 0.4) is 0 Å². The van der Waals surface area contributed by atoms with Crippen LogP contribution >= 0.6 is 0 Å². The number of fused-ring (bicyclic) bond motifs is 1. The molecule has 0 radical (unpaired) electrons. The van der Waals surface area contributed by atoms with Gasteiger partial charge >= 0.3 is 23.9 Å². The fourth-order valence-electron chi connectivity index (χ4n) is 2.29. The van der Waals surface area contributed by atoms with Gasteiger partial charge in [-0.25, -0.2) is 19.2 Å². The maximum absolute atomic E-state index is 11.5. The number of aliphatic carboxylic acids is 2. The lowest BCUT2D eigenvalue weighted by Crippen LogP contribution is -2.35. The molecule has 0 aromatic rings. The van der Waals surface area contributed by atoms with Gasteiger partial charge in [-0.05, 0) is 0 Å². The van der Waals surface area contributed by atoms with Gasteiger partial charge in [0, 0.05) is 24.3 Å². The van der Waals surface area contributed by atoms with Gasteiger partial charge in [0.15, 0.2) is 12.2 Å². The van der Waals surface area contributed by atoms with Crippen LogP contribution in [0.25, 0.3) is 0 Å². The Labute approximate surface area is 135 Å². The number of carbonyl (C=O) groups excluding carboxylic acids is 2. The second-order valence-corrected chi connectivity index (χ2v) is 4.89. The molecule has 2 heterocycles. The molecule has 0 aromatic carbocycles. The molecule has 2 N–H and O–H groups in total. The number of carbonyl (C=O) groups is 4. The van der Waals surface area contributed by atoms with Crippen LogP contribution in [-0.2, 0) is 38.1 Å². The molecule has 2 aliphatic rings. The first kappa shape index (κ1) is 17.6. The number of hydrogen-bond acceptors (Lipinski definition) is 8. The van der Waals surface area contributed by atoms with Gasteiger partial charge in [-0.2, -0.15) is 0 Å². The van der Waals surface area contributed by atoms with Crippen molar-refractivity contribution in [1.82, 2.24) is 0 Å². The summed E-state index contributed by atoms with van der Waals surface area (Å²) in [7, 11) is 0. The van der Waals surface area contributed by atoms with E-state index in [0.717, 1.165) is 12.2 Å². The quantitative estimate of drug-likeness (QED) is 0.450. The van der Waals surface area contributed by atoms with Gasteiger partial charge in [0.2, 0.25) is 0 Å². The van der Waals surface area contributed by atoms with E-state index >= 15 is 0 Å². The Morgan fingerprint density at radius 1 is 0.750 bits per heavy atom. The highest BCUT2D eigenvalue weighted by atomic mass is 16.7. The Morgan fingerprint density at radius 3 is 1.46 bits per heavy atom. The van der Waals surface area contributed by atoms with Crippen molar-refractivity contribution < 1.29 is 48.3 Å². The molecule has 0 unspecified atom stereocenters. The molecule has 0 aliphatic carbocycles. The molecule has 10 nitrogen and oxygen atoms in total.